The standard InChI is InChI=1S/C9H11N5O2S2/c1-6-12-9(17-13-6)14-18(15,16)7-4-3-5-11-8(7)10-2/h3-5H,1-2H3,(H,10,11)(H,12,13,14). The van der Waals surface area contributed by atoms with E-state index < -0.39 is 10.0 Å². The lowest BCUT2D eigenvalue weighted by Crippen LogP contribution is -2.15. The Kier molecular flexibility index (Phi) is 3.43. The molecule has 0 bridgehead atoms. The first-order valence-corrected chi connectivity index (χ1v) is 7.24. The molecule has 0 aliphatic heterocycles. The number of nitrogens with zero attached hydrogens (tertiary/aromatic N) is 3. The maximum atomic E-state index is 12.1. The normalized spacial score (nSPS) is 11.2. The summed E-state index contributed by atoms with van der Waals surface area (Å²) in [5.41, 5.74) is 0. The van der Waals surface area contributed by atoms with Crippen molar-refractivity contribution in [3.8, 4) is 0 Å². The third kappa shape index (κ3) is 2.57. The van der Waals surface area contributed by atoms with Crippen LogP contribution < -0.4 is 10.0 Å². The summed E-state index contributed by atoms with van der Waals surface area (Å²) in [6.45, 7) is 1.69. The van der Waals surface area contributed by atoms with E-state index in [4.69, 9.17) is 0 Å². The summed E-state index contributed by atoms with van der Waals surface area (Å²) in [5.74, 6) is 0.809. The highest BCUT2D eigenvalue weighted by Gasteiger charge is 2.20. The molecule has 2 N–H and O–H groups in total. The molecule has 0 saturated carbocycles. The molecule has 2 aromatic heterocycles. The molecule has 0 aromatic carbocycles. The van der Waals surface area contributed by atoms with Crippen LogP contribution in [0.5, 0.6) is 0 Å². The van der Waals surface area contributed by atoms with Crippen molar-refractivity contribution in [2.24, 2.45) is 0 Å². The van der Waals surface area contributed by atoms with Gasteiger partial charge in [-0.15, -0.1) is 0 Å². The molecule has 0 unspecified atom stereocenters. The average Bonchev–Trinajstić information content (AvgIpc) is 2.74. The number of aryl methyl sites for hydroxylation is 1. The van der Waals surface area contributed by atoms with Gasteiger partial charge in [0.25, 0.3) is 10.0 Å². The fraction of sp³-hybridized carbons (Fsp3) is 0.222. The zero-order valence-corrected chi connectivity index (χ0v) is 11.3. The second-order valence-electron chi connectivity index (χ2n) is 3.35. The number of aromatic nitrogens is 3. The summed E-state index contributed by atoms with van der Waals surface area (Å²) >= 11 is 0.992. The quantitative estimate of drug-likeness (QED) is 0.872. The zero-order valence-electron chi connectivity index (χ0n) is 9.71. The van der Waals surface area contributed by atoms with Gasteiger partial charge in [0.1, 0.15) is 16.5 Å². The van der Waals surface area contributed by atoms with Crippen LogP contribution in [0.1, 0.15) is 5.82 Å². The molecular formula is C9H11N5O2S2. The van der Waals surface area contributed by atoms with Crippen LogP contribution in [0.25, 0.3) is 0 Å². The van der Waals surface area contributed by atoms with E-state index in [0.717, 1.165) is 11.5 Å². The van der Waals surface area contributed by atoms with E-state index in [1.807, 2.05) is 0 Å². The van der Waals surface area contributed by atoms with Crippen LogP contribution in [0.4, 0.5) is 10.9 Å². The second kappa shape index (κ2) is 4.86. The summed E-state index contributed by atoms with van der Waals surface area (Å²) in [6, 6.07) is 3.02. The van der Waals surface area contributed by atoms with E-state index in [-0.39, 0.29) is 15.8 Å². The monoisotopic (exact) mass is 285 g/mol. The van der Waals surface area contributed by atoms with Gasteiger partial charge in [0.05, 0.1) is 0 Å². The van der Waals surface area contributed by atoms with Gasteiger partial charge in [0.15, 0.2) is 0 Å². The molecule has 0 amide bonds. The lowest BCUT2D eigenvalue weighted by molar-refractivity contribution is 0.601. The predicted octanol–water partition coefficient (Wildman–Crippen LogP) is 1.08. The molecule has 96 valence electrons. The van der Waals surface area contributed by atoms with E-state index in [0.29, 0.717) is 5.82 Å². The number of hydrogen-bond acceptors (Lipinski definition) is 7. The summed E-state index contributed by atoms with van der Waals surface area (Å²) in [4.78, 5) is 7.97. The van der Waals surface area contributed by atoms with Gasteiger partial charge < -0.3 is 5.32 Å². The van der Waals surface area contributed by atoms with Gasteiger partial charge >= 0.3 is 0 Å². The third-order valence-corrected chi connectivity index (χ3v) is 4.27. The SMILES string of the molecule is CNc1ncccc1S(=O)(=O)Nc1nc(C)ns1. The van der Waals surface area contributed by atoms with Crippen LogP contribution in [0.2, 0.25) is 0 Å². The largest absolute Gasteiger partial charge is 0.372 e. The van der Waals surface area contributed by atoms with Crippen molar-refractivity contribution in [3.05, 3.63) is 24.2 Å². The minimum absolute atomic E-state index is 0.0698. The predicted molar refractivity (Wildman–Crippen MR) is 69.2 cm³/mol. The summed E-state index contributed by atoms with van der Waals surface area (Å²) in [5, 5.41) is 2.96. The molecule has 0 aliphatic carbocycles. The van der Waals surface area contributed by atoms with Gasteiger partial charge in [-0.05, 0) is 19.1 Å². The Morgan fingerprint density at radius 3 is 2.78 bits per heavy atom. The van der Waals surface area contributed by atoms with Crippen molar-refractivity contribution >= 4 is 32.5 Å². The fourth-order valence-corrected chi connectivity index (χ4v) is 3.27. The molecule has 2 rings (SSSR count). The third-order valence-electron chi connectivity index (χ3n) is 2.05. The van der Waals surface area contributed by atoms with Gasteiger partial charge in [0, 0.05) is 24.8 Å². The van der Waals surface area contributed by atoms with Crippen LogP contribution in [0.3, 0.4) is 0 Å². The van der Waals surface area contributed by atoms with Crippen molar-refractivity contribution in [1.29, 1.82) is 0 Å². The molecule has 2 heterocycles. The fourth-order valence-electron chi connectivity index (χ4n) is 1.30. The number of nitrogens with one attached hydrogen (secondary N) is 2. The Balaban J connectivity index is 2.36. The van der Waals surface area contributed by atoms with Gasteiger partial charge in [-0.25, -0.2) is 18.4 Å². The first kappa shape index (κ1) is 12.7. The van der Waals surface area contributed by atoms with E-state index in [1.165, 1.54) is 12.3 Å². The first-order chi connectivity index (χ1) is 8.53. The minimum atomic E-state index is -3.71. The Labute approximate surface area is 109 Å². The summed E-state index contributed by atoms with van der Waals surface area (Å²) < 4.78 is 30.6. The second-order valence-corrected chi connectivity index (χ2v) is 5.76. The number of hydrogen-bond donors (Lipinski definition) is 2. The average molecular weight is 285 g/mol. The number of anilines is 2. The van der Waals surface area contributed by atoms with Crippen molar-refractivity contribution in [3.63, 3.8) is 0 Å². The Hall–Kier alpha value is -1.74. The highest BCUT2D eigenvalue weighted by molar-refractivity contribution is 7.93. The number of rotatable bonds is 4. The van der Waals surface area contributed by atoms with Crippen molar-refractivity contribution < 1.29 is 8.42 Å². The molecule has 9 heteroatoms. The highest BCUT2D eigenvalue weighted by atomic mass is 32.2. The van der Waals surface area contributed by atoms with Gasteiger partial charge in [-0.2, -0.15) is 4.37 Å². The van der Waals surface area contributed by atoms with Gasteiger partial charge in [-0.3, -0.25) is 4.72 Å². The Morgan fingerprint density at radius 2 is 2.17 bits per heavy atom. The minimum Gasteiger partial charge on any atom is -0.372 e. The molecule has 7 nitrogen and oxygen atoms in total. The van der Waals surface area contributed by atoms with Crippen LogP contribution in [-0.2, 0) is 10.0 Å². The van der Waals surface area contributed by atoms with Crippen molar-refractivity contribution in [2.75, 3.05) is 17.1 Å². The van der Waals surface area contributed by atoms with Crippen molar-refractivity contribution in [2.45, 2.75) is 11.8 Å². The molecule has 0 aliphatic rings. The molecular weight excluding hydrogens is 274 g/mol. The maximum Gasteiger partial charge on any atom is 0.267 e. The lowest BCUT2D eigenvalue weighted by Gasteiger charge is -2.08. The molecule has 0 spiro atoms. The van der Waals surface area contributed by atoms with Gasteiger partial charge in [0.2, 0.25) is 5.13 Å². The van der Waals surface area contributed by atoms with Crippen LogP contribution in [0.15, 0.2) is 23.2 Å². The molecule has 2 aromatic rings. The lowest BCUT2D eigenvalue weighted by atomic mass is 10.5. The molecule has 0 fully saturated rings. The van der Waals surface area contributed by atoms with Crippen LogP contribution in [-0.4, -0.2) is 29.8 Å². The molecule has 18 heavy (non-hydrogen) atoms. The van der Waals surface area contributed by atoms with E-state index >= 15 is 0 Å². The number of pyridine rings is 1. The van der Waals surface area contributed by atoms with Crippen molar-refractivity contribution in [1.82, 2.24) is 14.3 Å². The maximum absolute atomic E-state index is 12.1. The zero-order chi connectivity index (χ0) is 13.2. The van der Waals surface area contributed by atoms with Gasteiger partial charge in [-0.1, -0.05) is 0 Å². The van der Waals surface area contributed by atoms with E-state index in [9.17, 15) is 8.42 Å². The smallest absolute Gasteiger partial charge is 0.267 e. The van der Waals surface area contributed by atoms with Crippen LogP contribution >= 0.6 is 11.5 Å². The number of sulfonamides is 1. The summed E-state index contributed by atoms with van der Waals surface area (Å²) in [6.07, 6.45) is 1.51. The molecule has 0 atom stereocenters. The van der Waals surface area contributed by atoms with Crippen LogP contribution in [0, 0.1) is 6.92 Å². The van der Waals surface area contributed by atoms with E-state index in [1.54, 1.807) is 20.0 Å². The topological polar surface area (TPSA) is 96.9 Å². The highest BCUT2D eigenvalue weighted by Crippen LogP contribution is 2.21. The Morgan fingerprint density at radius 1 is 1.39 bits per heavy atom. The molecule has 0 saturated heterocycles. The molecule has 0 radical (unpaired) electrons. The summed E-state index contributed by atoms with van der Waals surface area (Å²) in [7, 11) is -2.10. The first-order valence-electron chi connectivity index (χ1n) is 4.99. The Bertz CT molecular complexity index is 652. The van der Waals surface area contributed by atoms with E-state index in [2.05, 4.69) is 24.4 Å².